The van der Waals surface area contributed by atoms with Crippen LogP contribution in [0.15, 0.2) is 42.9 Å². The smallest absolute Gasteiger partial charge is 0.292 e. The van der Waals surface area contributed by atoms with Gasteiger partial charge in [-0.25, -0.2) is 4.73 Å². The molecule has 0 spiro atoms. The molecule has 0 radical (unpaired) electrons. The lowest BCUT2D eigenvalue weighted by atomic mass is 10.2. The van der Waals surface area contributed by atoms with E-state index in [0.29, 0.717) is 17.8 Å². The first-order valence-electron chi connectivity index (χ1n) is 5.81. The highest BCUT2D eigenvalue weighted by Gasteiger charge is 2.16. The lowest BCUT2D eigenvalue weighted by Gasteiger charge is -2.06. The zero-order valence-corrected chi connectivity index (χ0v) is 9.95. The molecule has 0 aliphatic rings. The van der Waals surface area contributed by atoms with E-state index in [0.717, 1.165) is 15.8 Å². The fourth-order valence-corrected chi connectivity index (χ4v) is 2.07. The number of aryl methyl sites for hydroxylation is 1. The van der Waals surface area contributed by atoms with E-state index in [9.17, 15) is 5.21 Å². The molecule has 0 saturated carbocycles. The van der Waals surface area contributed by atoms with E-state index in [4.69, 9.17) is 0 Å². The molecule has 1 aromatic carbocycles. The maximum absolute atomic E-state index is 11.6. The number of benzene rings is 1. The van der Waals surface area contributed by atoms with Crippen molar-refractivity contribution >= 4 is 11.0 Å². The molecule has 0 aliphatic carbocycles. The standard InChI is InChI=1S/C13H12N4O/c1-2-12-11-8-15-17(10-6-4-3-5-7-10)13(11)14-9-16(12)18/h3-9H,2H2,1H3. The van der Waals surface area contributed by atoms with Crippen molar-refractivity contribution in [1.82, 2.24) is 14.8 Å². The first kappa shape index (κ1) is 10.7. The monoisotopic (exact) mass is 240 g/mol. The molecule has 0 amide bonds. The van der Waals surface area contributed by atoms with Gasteiger partial charge in [-0.2, -0.15) is 9.78 Å². The third-order valence-corrected chi connectivity index (χ3v) is 2.94. The molecule has 3 rings (SSSR count). The molecular formula is C13H12N4O. The van der Waals surface area contributed by atoms with Gasteiger partial charge in [-0.05, 0) is 17.1 Å². The Kier molecular flexibility index (Phi) is 2.44. The zero-order valence-electron chi connectivity index (χ0n) is 9.95. The number of fused-ring (bicyclic) bond motifs is 1. The average molecular weight is 240 g/mol. The molecule has 0 saturated heterocycles. The largest absolute Gasteiger partial charge is 0.711 e. The molecule has 90 valence electrons. The third kappa shape index (κ3) is 1.52. The summed E-state index contributed by atoms with van der Waals surface area (Å²) in [6, 6.07) is 9.75. The number of aromatic nitrogens is 4. The number of rotatable bonds is 2. The van der Waals surface area contributed by atoms with Gasteiger partial charge in [-0.15, -0.1) is 0 Å². The minimum Gasteiger partial charge on any atom is -0.711 e. The van der Waals surface area contributed by atoms with E-state index >= 15 is 0 Å². The molecule has 0 bridgehead atoms. The Morgan fingerprint density at radius 2 is 2.06 bits per heavy atom. The van der Waals surface area contributed by atoms with Crippen LogP contribution in [0, 0.1) is 5.21 Å². The van der Waals surface area contributed by atoms with Crippen molar-refractivity contribution in [3.8, 4) is 5.69 Å². The topological polar surface area (TPSA) is 57.7 Å². The van der Waals surface area contributed by atoms with Gasteiger partial charge in [0.1, 0.15) is 11.1 Å². The Hall–Kier alpha value is -2.43. The van der Waals surface area contributed by atoms with Crippen molar-refractivity contribution in [2.45, 2.75) is 13.3 Å². The van der Waals surface area contributed by atoms with Crippen molar-refractivity contribution < 1.29 is 4.73 Å². The van der Waals surface area contributed by atoms with E-state index < -0.39 is 0 Å². The van der Waals surface area contributed by atoms with E-state index in [1.807, 2.05) is 37.3 Å². The van der Waals surface area contributed by atoms with Crippen LogP contribution in [0.5, 0.6) is 0 Å². The summed E-state index contributed by atoms with van der Waals surface area (Å²) < 4.78 is 2.55. The van der Waals surface area contributed by atoms with Crippen LogP contribution in [-0.2, 0) is 6.42 Å². The number of para-hydroxylation sites is 1. The lowest BCUT2D eigenvalue weighted by molar-refractivity contribution is -0.615. The van der Waals surface area contributed by atoms with Crippen LogP contribution >= 0.6 is 0 Å². The van der Waals surface area contributed by atoms with Crippen LogP contribution < -0.4 is 4.73 Å². The number of hydrogen-bond acceptors (Lipinski definition) is 3. The van der Waals surface area contributed by atoms with Crippen molar-refractivity contribution in [3.05, 3.63) is 53.8 Å². The molecule has 0 unspecified atom stereocenters. The van der Waals surface area contributed by atoms with Crippen LogP contribution in [0.1, 0.15) is 12.6 Å². The zero-order chi connectivity index (χ0) is 12.5. The highest BCUT2D eigenvalue weighted by Crippen LogP contribution is 2.17. The van der Waals surface area contributed by atoms with E-state index in [-0.39, 0.29) is 0 Å². The quantitative estimate of drug-likeness (QED) is 0.505. The summed E-state index contributed by atoms with van der Waals surface area (Å²) in [5, 5.41) is 16.7. The SMILES string of the molecule is CCc1c2cnn(-c3ccccc3)c2nc[n+]1[O-]. The maximum atomic E-state index is 11.6. The summed E-state index contributed by atoms with van der Waals surface area (Å²) in [7, 11) is 0. The third-order valence-electron chi connectivity index (χ3n) is 2.94. The van der Waals surface area contributed by atoms with Crippen molar-refractivity contribution in [2.75, 3.05) is 0 Å². The van der Waals surface area contributed by atoms with Gasteiger partial charge in [0.05, 0.1) is 11.9 Å². The Morgan fingerprint density at radius 3 is 2.78 bits per heavy atom. The molecule has 2 heterocycles. The summed E-state index contributed by atoms with van der Waals surface area (Å²) >= 11 is 0. The molecule has 0 aliphatic heterocycles. The highest BCUT2D eigenvalue weighted by molar-refractivity contribution is 5.77. The Morgan fingerprint density at radius 1 is 1.28 bits per heavy atom. The van der Waals surface area contributed by atoms with Gasteiger partial charge in [0.25, 0.3) is 12.0 Å². The number of nitrogens with zero attached hydrogens (tertiary/aromatic N) is 4. The lowest BCUT2D eigenvalue weighted by Crippen LogP contribution is -2.32. The predicted molar refractivity (Wildman–Crippen MR) is 67.2 cm³/mol. The van der Waals surface area contributed by atoms with Crippen molar-refractivity contribution in [1.29, 1.82) is 0 Å². The Labute approximate surface area is 104 Å². The minimum atomic E-state index is 0.656. The van der Waals surface area contributed by atoms with Crippen molar-refractivity contribution in [2.24, 2.45) is 0 Å². The van der Waals surface area contributed by atoms with Gasteiger partial charge in [-0.3, -0.25) is 0 Å². The molecule has 18 heavy (non-hydrogen) atoms. The summed E-state index contributed by atoms with van der Waals surface area (Å²) in [4.78, 5) is 4.18. The summed E-state index contributed by atoms with van der Waals surface area (Å²) in [6.45, 7) is 1.95. The van der Waals surface area contributed by atoms with Crippen LogP contribution in [0.3, 0.4) is 0 Å². The van der Waals surface area contributed by atoms with Crippen molar-refractivity contribution in [3.63, 3.8) is 0 Å². The van der Waals surface area contributed by atoms with Gasteiger partial charge >= 0.3 is 0 Å². The van der Waals surface area contributed by atoms with Gasteiger partial charge in [0, 0.05) is 6.42 Å². The molecule has 0 N–H and O–H groups in total. The van der Waals surface area contributed by atoms with E-state index in [1.54, 1.807) is 10.9 Å². The van der Waals surface area contributed by atoms with Gasteiger partial charge in [0.2, 0.25) is 0 Å². The Balaban J connectivity index is 2.28. The van der Waals surface area contributed by atoms with E-state index in [1.165, 1.54) is 6.33 Å². The summed E-state index contributed by atoms with van der Waals surface area (Å²) in [5.74, 6) is 0. The molecule has 0 fully saturated rings. The molecule has 5 heteroatoms. The fourth-order valence-electron chi connectivity index (χ4n) is 2.07. The minimum absolute atomic E-state index is 0.656. The molecular weight excluding hydrogens is 228 g/mol. The van der Waals surface area contributed by atoms with E-state index in [2.05, 4.69) is 10.1 Å². The van der Waals surface area contributed by atoms with Gasteiger partial charge in [0.15, 0.2) is 0 Å². The van der Waals surface area contributed by atoms with Gasteiger partial charge < -0.3 is 5.21 Å². The molecule has 0 atom stereocenters. The van der Waals surface area contributed by atoms with Gasteiger partial charge in [-0.1, -0.05) is 25.1 Å². The van der Waals surface area contributed by atoms with Crippen LogP contribution in [0.4, 0.5) is 0 Å². The molecule has 3 aromatic rings. The normalized spacial score (nSPS) is 10.9. The summed E-state index contributed by atoms with van der Waals surface area (Å²) in [5.41, 5.74) is 2.35. The molecule has 2 aromatic heterocycles. The van der Waals surface area contributed by atoms with Crippen LogP contribution in [0.25, 0.3) is 16.7 Å². The Bertz CT molecular complexity index is 691. The van der Waals surface area contributed by atoms with Crippen LogP contribution in [0.2, 0.25) is 0 Å². The first-order chi connectivity index (χ1) is 8.81. The second-order valence-electron chi connectivity index (χ2n) is 4.00. The molecule has 5 nitrogen and oxygen atoms in total. The summed E-state index contributed by atoms with van der Waals surface area (Å²) in [6.07, 6.45) is 3.65. The predicted octanol–water partition coefficient (Wildman–Crippen LogP) is 1.62. The van der Waals surface area contributed by atoms with Crippen LogP contribution in [-0.4, -0.2) is 14.8 Å². The highest BCUT2D eigenvalue weighted by atomic mass is 16.5. The fraction of sp³-hybridized carbons (Fsp3) is 0.154. The number of hydrogen-bond donors (Lipinski definition) is 0. The maximum Gasteiger partial charge on any atom is 0.292 e. The second kappa shape index (κ2) is 4.10. The first-order valence-corrected chi connectivity index (χ1v) is 5.81. The second-order valence-corrected chi connectivity index (χ2v) is 4.00. The average Bonchev–Trinajstić information content (AvgIpc) is 2.83.